The number of ether oxygens (including phenoxy) is 2. The van der Waals surface area contributed by atoms with Crippen LogP contribution in [0.3, 0.4) is 0 Å². The molecule has 2 N–H and O–H groups in total. The van der Waals surface area contributed by atoms with Crippen LogP contribution in [0.4, 0.5) is 16.2 Å². The van der Waals surface area contributed by atoms with Crippen LogP contribution in [0.15, 0.2) is 90.1 Å². The minimum Gasteiger partial charge on any atom is -0.439 e. The van der Waals surface area contributed by atoms with E-state index < -0.39 is 10.0 Å². The summed E-state index contributed by atoms with van der Waals surface area (Å²) < 4.78 is 37.9. The number of hydrogen-bond donors (Lipinski definition) is 2. The number of methoxy groups -OCH3 is 1. The first kappa shape index (κ1) is 33.3. The highest BCUT2D eigenvalue weighted by atomic mass is 35.5. The number of rotatable bonds is 12. The van der Waals surface area contributed by atoms with Gasteiger partial charge in [0.25, 0.3) is 0 Å². The number of anilines is 2. The largest absolute Gasteiger partial charge is 0.439 e. The normalized spacial score (nSPS) is 14.2. The molecule has 4 aromatic rings. The maximum absolute atomic E-state index is 13.5. The topological polar surface area (TPSA) is 126 Å². The number of amides is 2. The van der Waals surface area contributed by atoms with Crippen molar-refractivity contribution in [1.82, 2.24) is 19.6 Å². The second-order valence-electron chi connectivity index (χ2n) is 10.9. The van der Waals surface area contributed by atoms with E-state index in [9.17, 15) is 13.2 Å². The van der Waals surface area contributed by atoms with Gasteiger partial charge in [0.1, 0.15) is 5.75 Å². The smallest absolute Gasteiger partial charge is 0.326 e. The van der Waals surface area contributed by atoms with E-state index >= 15 is 0 Å². The van der Waals surface area contributed by atoms with Crippen LogP contribution in [-0.2, 0) is 21.3 Å². The Morgan fingerprint density at radius 1 is 0.978 bits per heavy atom. The number of piperidine rings is 1. The van der Waals surface area contributed by atoms with Crippen LogP contribution < -0.4 is 19.7 Å². The zero-order valence-electron chi connectivity index (χ0n) is 25.7. The number of carbonyl (C=O) groups is 1. The van der Waals surface area contributed by atoms with Crippen molar-refractivity contribution in [1.29, 1.82) is 0 Å². The molecule has 0 spiro atoms. The van der Waals surface area contributed by atoms with Gasteiger partial charge in [-0.15, -0.1) is 0 Å². The number of aromatic nitrogens is 2. The summed E-state index contributed by atoms with van der Waals surface area (Å²) in [6, 6.07) is 20.8. The van der Waals surface area contributed by atoms with Crippen LogP contribution in [0.1, 0.15) is 24.1 Å². The van der Waals surface area contributed by atoms with Crippen molar-refractivity contribution in [3.63, 3.8) is 0 Å². The molecule has 0 saturated carbocycles. The molecule has 46 heavy (non-hydrogen) atoms. The SMILES string of the molecule is COCCNS(=O)(=O)c1ccc(Oc2ccc(CN3CCC(N(C(=O)Nc4ccc(C)nc4)c4ccc(Cl)cc4)CC3)cn2)cc1. The molecule has 5 rings (SSSR count). The maximum atomic E-state index is 13.5. The number of sulfonamides is 1. The van der Waals surface area contributed by atoms with E-state index in [0.29, 0.717) is 28.9 Å². The van der Waals surface area contributed by atoms with Crippen molar-refractivity contribution in [2.75, 3.05) is 43.6 Å². The van der Waals surface area contributed by atoms with Gasteiger partial charge in [-0.1, -0.05) is 17.7 Å². The highest BCUT2D eigenvalue weighted by Gasteiger charge is 2.29. The monoisotopic (exact) mass is 664 g/mol. The van der Waals surface area contributed by atoms with Crippen molar-refractivity contribution in [3.8, 4) is 11.6 Å². The molecule has 1 saturated heterocycles. The number of pyridine rings is 2. The number of benzene rings is 2. The molecule has 1 fully saturated rings. The number of hydrogen-bond acceptors (Lipinski definition) is 8. The van der Waals surface area contributed by atoms with Gasteiger partial charge in [-0.25, -0.2) is 22.9 Å². The predicted octanol–water partition coefficient (Wildman–Crippen LogP) is 5.86. The molecule has 0 unspecified atom stereocenters. The highest BCUT2D eigenvalue weighted by Crippen LogP contribution is 2.28. The summed E-state index contributed by atoms with van der Waals surface area (Å²) in [6.45, 7) is 4.71. The molecular weight excluding hydrogens is 628 g/mol. The van der Waals surface area contributed by atoms with Gasteiger partial charge in [0.2, 0.25) is 15.9 Å². The maximum Gasteiger partial charge on any atom is 0.326 e. The van der Waals surface area contributed by atoms with Crippen molar-refractivity contribution in [2.24, 2.45) is 0 Å². The second-order valence-corrected chi connectivity index (χ2v) is 13.1. The standard InChI is InChI=1S/C33H37ClN6O5S/c1-24-3-7-27(22-35-24)38-33(41)40(28-8-5-26(34)6-9-28)29-15-18-39(19-16-29)23-25-4-14-32(36-21-25)45-30-10-12-31(13-11-30)46(42,43)37-17-20-44-2/h3-14,21-22,29,37H,15-20,23H2,1-2H3,(H,38,41). The summed E-state index contributed by atoms with van der Waals surface area (Å²) in [4.78, 5) is 26.6. The first-order valence-corrected chi connectivity index (χ1v) is 16.8. The van der Waals surface area contributed by atoms with Gasteiger partial charge in [-0.2, -0.15) is 0 Å². The van der Waals surface area contributed by atoms with Gasteiger partial charge in [0, 0.05) is 68.0 Å². The fourth-order valence-corrected chi connectivity index (χ4v) is 6.29. The molecule has 0 bridgehead atoms. The van der Waals surface area contributed by atoms with Crippen LogP contribution in [0.5, 0.6) is 11.6 Å². The number of likely N-dealkylation sites (tertiary alicyclic amines) is 1. The zero-order valence-corrected chi connectivity index (χ0v) is 27.3. The van der Waals surface area contributed by atoms with E-state index in [1.165, 1.54) is 19.2 Å². The average Bonchev–Trinajstić information content (AvgIpc) is 3.05. The first-order chi connectivity index (χ1) is 22.2. The minimum atomic E-state index is -3.62. The molecule has 13 heteroatoms. The minimum absolute atomic E-state index is 0.00671. The van der Waals surface area contributed by atoms with Crippen molar-refractivity contribution < 1.29 is 22.7 Å². The molecule has 2 amide bonds. The number of carbonyl (C=O) groups excluding carboxylic acids is 1. The Hall–Kier alpha value is -4.07. The number of nitrogens with one attached hydrogen (secondary N) is 2. The first-order valence-electron chi connectivity index (χ1n) is 14.9. The summed E-state index contributed by atoms with van der Waals surface area (Å²) in [5, 5.41) is 3.61. The van der Waals surface area contributed by atoms with Gasteiger partial charge >= 0.3 is 6.03 Å². The number of aryl methyl sites for hydroxylation is 1. The lowest BCUT2D eigenvalue weighted by Gasteiger charge is -2.38. The van der Waals surface area contributed by atoms with E-state index in [1.807, 2.05) is 42.2 Å². The lowest BCUT2D eigenvalue weighted by molar-refractivity contribution is 0.199. The summed E-state index contributed by atoms with van der Waals surface area (Å²) >= 11 is 6.14. The van der Waals surface area contributed by atoms with Crippen molar-refractivity contribution in [2.45, 2.75) is 37.2 Å². The summed E-state index contributed by atoms with van der Waals surface area (Å²) in [6.07, 6.45) is 5.03. The summed E-state index contributed by atoms with van der Waals surface area (Å²) in [5.74, 6) is 0.885. The Labute approximate surface area is 274 Å². The third kappa shape index (κ3) is 9.02. The van der Waals surface area contributed by atoms with Gasteiger partial charge < -0.3 is 14.8 Å². The van der Waals surface area contributed by atoms with E-state index in [4.69, 9.17) is 21.1 Å². The van der Waals surface area contributed by atoms with Crippen molar-refractivity contribution in [3.05, 3.63) is 101 Å². The fourth-order valence-electron chi connectivity index (χ4n) is 5.15. The number of nitrogens with zero attached hydrogens (tertiary/aromatic N) is 4. The zero-order chi connectivity index (χ0) is 32.5. The number of urea groups is 1. The van der Waals surface area contributed by atoms with Crippen LogP contribution >= 0.6 is 11.6 Å². The van der Waals surface area contributed by atoms with Gasteiger partial charge in [-0.3, -0.25) is 14.8 Å². The van der Waals surface area contributed by atoms with Crippen molar-refractivity contribution >= 4 is 39.0 Å². The van der Waals surface area contributed by atoms with E-state index in [-0.39, 0.29) is 30.1 Å². The van der Waals surface area contributed by atoms with E-state index in [2.05, 4.69) is 24.9 Å². The Kier molecular flexibility index (Phi) is 11.2. The highest BCUT2D eigenvalue weighted by molar-refractivity contribution is 7.89. The van der Waals surface area contributed by atoms with Gasteiger partial charge in [0.05, 0.1) is 23.4 Å². The van der Waals surface area contributed by atoms with E-state index in [1.54, 1.807) is 42.7 Å². The average molecular weight is 665 g/mol. The lowest BCUT2D eigenvalue weighted by Crippen LogP contribution is -2.49. The second kappa shape index (κ2) is 15.5. The Balaban J connectivity index is 1.16. The van der Waals surface area contributed by atoms with Crippen LogP contribution in [0.25, 0.3) is 0 Å². The van der Waals surface area contributed by atoms with Gasteiger partial charge in [0.15, 0.2) is 0 Å². The Bertz CT molecular complexity index is 1680. The predicted molar refractivity (Wildman–Crippen MR) is 178 cm³/mol. The lowest BCUT2D eigenvalue weighted by atomic mass is 10.0. The molecule has 1 aliphatic rings. The molecule has 3 heterocycles. The van der Waals surface area contributed by atoms with Crippen LogP contribution in [-0.4, -0.2) is 68.7 Å². The van der Waals surface area contributed by atoms with Crippen LogP contribution in [0.2, 0.25) is 5.02 Å². The molecule has 0 radical (unpaired) electrons. The number of halogens is 1. The molecule has 2 aromatic heterocycles. The Morgan fingerprint density at radius 2 is 1.72 bits per heavy atom. The molecule has 242 valence electrons. The summed E-state index contributed by atoms with van der Waals surface area (Å²) in [7, 11) is -2.11. The third-order valence-corrected chi connectivity index (χ3v) is 9.30. The third-order valence-electron chi connectivity index (χ3n) is 7.57. The molecule has 1 aliphatic heterocycles. The molecule has 0 atom stereocenters. The molecule has 11 nitrogen and oxygen atoms in total. The summed E-state index contributed by atoms with van der Waals surface area (Å²) in [5.41, 5.74) is 3.34. The molecule has 0 aliphatic carbocycles. The quantitative estimate of drug-likeness (QED) is 0.181. The molecule has 2 aromatic carbocycles. The molecular formula is C33H37ClN6O5S. The van der Waals surface area contributed by atoms with Crippen LogP contribution in [0, 0.1) is 6.92 Å². The fraction of sp³-hybridized carbons (Fsp3) is 0.303. The Morgan fingerprint density at radius 3 is 2.35 bits per heavy atom. The van der Waals surface area contributed by atoms with E-state index in [0.717, 1.165) is 42.9 Å². The van der Waals surface area contributed by atoms with Gasteiger partial charge in [-0.05, 0) is 86.0 Å².